The fourth-order valence-corrected chi connectivity index (χ4v) is 4.77. The summed E-state index contributed by atoms with van der Waals surface area (Å²) in [5.41, 5.74) is 0.0367. The normalized spacial score (nSPS) is 27.5. The summed E-state index contributed by atoms with van der Waals surface area (Å²) in [6.45, 7) is -0.122. The van der Waals surface area contributed by atoms with E-state index in [1.165, 1.54) is 12.3 Å². The summed E-state index contributed by atoms with van der Waals surface area (Å²) in [4.78, 5) is 36.0. The minimum absolute atomic E-state index is 0.00519. The molecule has 2 amide bonds. The van der Waals surface area contributed by atoms with Crippen molar-refractivity contribution in [2.45, 2.75) is 6.42 Å². The van der Waals surface area contributed by atoms with E-state index in [1.807, 2.05) is 12.2 Å². The van der Waals surface area contributed by atoms with Crippen molar-refractivity contribution in [2.24, 2.45) is 28.8 Å². The van der Waals surface area contributed by atoms with E-state index in [0.29, 0.717) is 10.0 Å². The molecule has 1 heterocycles. The van der Waals surface area contributed by atoms with Crippen LogP contribution in [0.5, 0.6) is 5.75 Å². The number of ether oxygens (including phenoxy) is 1. The van der Waals surface area contributed by atoms with Crippen molar-refractivity contribution in [1.29, 1.82) is 0 Å². The highest BCUT2D eigenvalue weighted by atomic mass is 79.9. The topological polar surface area (TPSA) is 102 Å². The molecule has 28 heavy (non-hydrogen) atoms. The third kappa shape index (κ3) is 2.81. The lowest BCUT2D eigenvalue weighted by Gasteiger charge is -2.13. The van der Waals surface area contributed by atoms with E-state index in [1.54, 1.807) is 6.07 Å². The number of nitro groups is 1. The quantitative estimate of drug-likeness (QED) is 0.174. The van der Waals surface area contributed by atoms with Crippen LogP contribution in [0.25, 0.3) is 0 Å². The molecule has 142 valence electrons. The van der Waals surface area contributed by atoms with Gasteiger partial charge in [-0.3, -0.25) is 19.7 Å². The van der Waals surface area contributed by atoms with Crippen LogP contribution in [0, 0.1) is 46.1 Å². The maximum absolute atomic E-state index is 12.6. The second-order valence-electron chi connectivity index (χ2n) is 6.83. The van der Waals surface area contributed by atoms with Gasteiger partial charge in [0.15, 0.2) is 0 Å². The smallest absolute Gasteiger partial charge is 0.312 e. The van der Waals surface area contributed by atoms with Gasteiger partial charge in [0.05, 0.1) is 27.4 Å². The highest BCUT2D eigenvalue weighted by molar-refractivity contribution is 9.10. The Morgan fingerprint density at radius 1 is 1.32 bits per heavy atom. The van der Waals surface area contributed by atoms with Crippen molar-refractivity contribution in [2.75, 3.05) is 6.61 Å². The van der Waals surface area contributed by atoms with Gasteiger partial charge in [-0.1, -0.05) is 18.1 Å². The molecule has 9 heteroatoms. The van der Waals surface area contributed by atoms with E-state index in [4.69, 9.17) is 11.2 Å². The summed E-state index contributed by atoms with van der Waals surface area (Å²) < 4.78 is 5.55. The Balaban J connectivity index is 1.60. The summed E-state index contributed by atoms with van der Waals surface area (Å²) in [7, 11) is 0. The predicted molar refractivity (Wildman–Crippen MR) is 102 cm³/mol. The number of imide groups is 1. The van der Waals surface area contributed by atoms with Crippen LogP contribution in [0.15, 0.2) is 33.9 Å². The summed E-state index contributed by atoms with van der Waals surface area (Å²) >= 11 is 3.22. The average Bonchev–Trinajstić information content (AvgIpc) is 3.33. The first kappa shape index (κ1) is 18.4. The molecule has 0 spiro atoms. The zero-order chi connectivity index (χ0) is 20.0. The Labute approximate surface area is 168 Å². The third-order valence-electron chi connectivity index (χ3n) is 5.31. The first-order chi connectivity index (χ1) is 13.4. The first-order valence-corrected chi connectivity index (χ1v) is 9.36. The maximum Gasteiger partial charge on any atom is 0.312 e. The molecule has 0 aromatic heterocycles. The summed E-state index contributed by atoms with van der Waals surface area (Å²) in [6, 6.07) is 2.79. The zero-order valence-electron chi connectivity index (χ0n) is 14.4. The van der Waals surface area contributed by atoms with E-state index in [0.717, 1.165) is 11.4 Å². The number of hydrogen-bond donors (Lipinski definition) is 0. The van der Waals surface area contributed by atoms with Crippen molar-refractivity contribution in [3.05, 3.63) is 44.4 Å². The van der Waals surface area contributed by atoms with Gasteiger partial charge in [-0.2, -0.15) is 10.1 Å². The van der Waals surface area contributed by atoms with Gasteiger partial charge in [0, 0.05) is 11.6 Å². The number of allylic oxidation sites excluding steroid dienone is 2. The SMILES string of the molecule is C#CCOc1c(Br)cc(C=NN2C(=O)C3C4C=CC(C4)C3C2=O)cc1[N+](=O)[O-]. The Kier molecular flexibility index (Phi) is 4.51. The molecule has 4 atom stereocenters. The minimum Gasteiger partial charge on any atom is -0.473 e. The fraction of sp³-hybridized carbons (Fsp3) is 0.316. The Hall–Kier alpha value is -2.99. The number of fused-ring (bicyclic) bond motifs is 5. The second-order valence-corrected chi connectivity index (χ2v) is 7.69. The molecule has 2 fully saturated rings. The lowest BCUT2D eigenvalue weighted by Crippen LogP contribution is -2.28. The van der Waals surface area contributed by atoms with E-state index in [9.17, 15) is 19.7 Å². The molecule has 0 N–H and O–H groups in total. The number of nitrogens with zero attached hydrogens (tertiary/aromatic N) is 3. The number of rotatable bonds is 5. The molecule has 1 aromatic rings. The molecule has 1 saturated heterocycles. The number of carbonyl (C=O) groups is 2. The Morgan fingerprint density at radius 3 is 2.54 bits per heavy atom. The van der Waals surface area contributed by atoms with Gasteiger partial charge in [0.2, 0.25) is 5.75 Å². The average molecular weight is 444 g/mol. The van der Waals surface area contributed by atoms with E-state index in [2.05, 4.69) is 27.0 Å². The van der Waals surface area contributed by atoms with Gasteiger partial charge in [-0.15, -0.1) is 6.42 Å². The van der Waals surface area contributed by atoms with E-state index in [-0.39, 0.29) is 53.5 Å². The Bertz CT molecular complexity index is 966. The molecule has 1 aromatic carbocycles. The lowest BCUT2D eigenvalue weighted by atomic mass is 9.85. The van der Waals surface area contributed by atoms with Crippen LogP contribution >= 0.6 is 15.9 Å². The molecule has 4 rings (SSSR count). The van der Waals surface area contributed by atoms with Crippen LogP contribution in [-0.4, -0.2) is 34.6 Å². The van der Waals surface area contributed by atoms with Crippen molar-refractivity contribution >= 4 is 39.6 Å². The maximum atomic E-state index is 12.6. The van der Waals surface area contributed by atoms with Crippen molar-refractivity contribution in [1.82, 2.24) is 5.01 Å². The van der Waals surface area contributed by atoms with Crippen molar-refractivity contribution in [3.8, 4) is 18.1 Å². The van der Waals surface area contributed by atoms with Gasteiger partial charge in [0.25, 0.3) is 11.8 Å². The molecule has 1 aliphatic heterocycles. The number of amides is 2. The van der Waals surface area contributed by atoms with E-state index >= 15 is 0 Å². The molecule has 3 aliphatic rings. The summed E-state index contributed by atoms with van der Waals surface area (Å²) in [5, 5.41) is 16.3. The summed E-state index contributed by atoms with van der Waals surface area (Å²) in [5.74, 6) is 1.12. The molecule has 4 unspecified atom stereocenters. The summed E-state index contributed by atoms with van der Waals surface area (Å²) in [6.07, 6.45) is 11.2. The zero-order valence-corrected chi connectivity index (χ0v) is 16.0. The van der Waals surface area contributed by atoms with Crippen LogP contribution in [0.4, 0.5) is 5.69 Å². The van der Waals surface area contributed by atoms with Gasteiger partial charge in [0.1, 0.15) is 6.61 Å². The van der Waals surface area contributed by atoms with Crippen molar-refractivity contribution < 1.29 is 19.2 Å². The van der Waals surface area contributed by atoms with Gasteiger partial charge < -0.3 is 4.74 Å². The third-order valence-corrected chi connectivity index (χ3v) is 5.90. The first-order valence-electron chi connectivity index (χ1n) is 8.56. The highest BCUT2D eigenvalue weighted by Crippen LogP contribution is 2.52. The molecular weight excluding hydrogens is 430 g/mol. The van der Waals surface area contributed by atoms with Crippen LogP contribution < -0.4 is 4.74 Å². The fourth-order valence-electron chi connectivity index (χ4n) is 4.19. The molecular formula is C19H14BrN3O5. The van der Waals surface area contributed by atoms with Gasteiger partial charge in [-0.05, 0) is 40.3 Å². The monoisotopic (exact) mass is 443 g/mol. The second kappa shape index (κ2) is 6.87. The number of nitro benzene ring substituents is 1. The largest absolute Gasteiger partial charge is 0.473 e. The standard InChI is InChI=1S/C19H14BrN3O5/c1-2-5-28-17-13(20)6-10(7-14(17)23(26)27)9-21-22-18(24)15-11-3-4-12(8-11)16(15)19(22)25/h1,3-4,6-7,9,11-12,15-16H,5,8H2. The lowest BCUT2D eigenvalue weighted by molar-refractivity contribution is -0.385. The molecule has 2 bridgehead atoms. The van der Waals surface area contributed by atoms with E-state index < -0.39 is 4.92 Å². The number of benzene rings is 1. The molecule has 0 radical (unpaired) electrons. The highest BCUT2D eigenvalue weighted by Gasteiger charge is 2.59. The number of hydrazone groups is 1. The van der Waals surface area contributed by atoms with Crippen LogP contribution in [0.2, 0.25) is 0 Å². The van der Waals surface area contributed by atoms with Crippen molar-refractivity contribution in [3.63, 3.8) is 0 Å². The number of terminal acetylenes is 1. The molecule has 1 saturated carbocycles. The minimum atomic E-state index is -0.603. The number of carbonyl (C=O) groups excluding carboxylic acids is 2. The van der Waals surface area contributed by atoms with Gasteiger partial charge in [-0.25, -0.2) is 0 Å². The Morgan fingerprint density at radius 2 is 1.96 bits per heavy atom. The predicted octanol–water partition coefficient (Wildman–Crippen LogP) is 2.51. The number of halogens is 1. The molecule has 2 aliphatic carbocycles. The van der Waals surface area contributed by atoms with Crippen LogP contribution in [0.3, 0.4) is 0 Å². The van der Waals surface area contributed by atoms with Crippen LogP contribution in [0.1, 0.15) is 12.0 Å². The van der Waals surface area contributed by atoms with Gasteiger partial charge >= 0.3 is 5.69 Å². The molecule has 8 nitrogen and oxygen atoms in total. The van der Waals surface area contributed by atoms with Crippen LogP contribution in [-0.2, 0) is 9.59 Å². The number of hydrogen-bond acceptors (Lipinski definition) is 6.